The monoisotopic (exact) mass is 1000 g/mol. The number of H-pyrrole nitrogens is 1. The van der Waals surface area contributed by atoms with Crippen molar-refractivity contribution < 1.29 is 48.7 Å². The second kappa shape index (κ2) is 14.9. The van der Waals surface area contributed by atoms with Crippen molar-refractivity contribution in [3.63, 3.8) is 0 Å². The van der Waals surface area contributed by atoms with Gasteiger partial charge in [0, 0.05) is 12.5 Å². The van der Waals surface area contributed by atoms with Crippen molar-refractivity contribution in [1.29, 1.82) is 0 Å². The van der Waals surface area contributed by atoms with Crippen LogP contribution >= 0.6 is 90.4 Å². The van der Waals surface area contributed by atoms with Crippen LogP contribution in [-0.2, 0) is 30.3 Å². The molecule has 16 heteroatoms. The predicted molar refractivity (Wildman–Crippen MR) is 174 cm³/mol. The van der Waals surface area contributed by atoms with Gasteiger partial charge >= 0.3 is 11.9 Å². The Hall–Kier alpha value is -1.79. The number of aromatic amines is 1. The van der Waals surface area contributed by atoms with Gasteiger partial charge in [0.05, 0.1) is 21.4 Å². The summed E-state index contributed by atoms with van der Waals surface area (Å²) in [4.78, 5) is 38.8. The molecule has 0 aliphatic rings. The van der Waals surface area contributed by atoms with Gasteiger partial charge in [-0.25, -0.2) is 9.59 Å². The van der Waals surface area contributed by atoms with Crippen LogP contribution in [0.2, 0.25) is 0 Å². The van der Waals surface area contributed by atoms with Crippen LogP contribution in [0.5, 0.6) is 34.8 Å². The number of esters is 2. The maximum Gasteiger partial charge on any atom is 0.337 e. The molecule has 3 rings (SSSR count). The molecule has 12 nitrogen and oxygen atoms in total. The largest absolute Gasteiger partial charge is 0.506 e. The highest BCUT2D eigenvalue weighted by molar-refractivity contribution is 14.1. The maximum absolute atomic E-state index is 12.4. The highest BCUT2D eigenvalue weighted by Gasteiger charge is 2.24. The predicted octanol–water partition coefficient (Wildman–Crippen LogP) is 4.16. The quantitative estimate of drug-likeness (QED) is 0.139. The van der Waals surface area contributed by atoms with Gasteiger partial charge in [0.25, 0.3) is 0 Å². The SMILES string of the molecule is COC(=O)[C@H](Cc1cc(I)c(Oc2cc(I)c(O)c(I)c2)c(I)c1)NC(=O)COCC(=O)Oc1cc(O)[nH]c1O. The fraction of sp³-hybridized carbons (Fsp3) is 0.208. The minimum absolute atomic E-state index is 0.109. The lowest BCUT2D eigenvalue weighted by Gasteiger charge is -2.18. The van der Waals surface area contributed by atoms with Crippen LogP contribution in [0.1, 0.15) is 5.56 Å². The number of carbonyl (C=O) groups is 3. The van der Waals surface area contributed by atoms with Gasteiger partial charge in [-0.05, 0) is 120 Å². The van der Waals surface area contributed by atoms with Crippen molar-refractivity contribution in [3.8, 4) is 34.8 Å². The topological polar surface area (TPSA) is 177 Å². The summed E-state index contributed by atoms with van der Waals surface area (Å²) >= 11 is 8.28. The van der Waals surface area contributed by atoms with E-state index >= 15 is 0 Å². The lowest BCUT2D eigenvalue weighted by Crippen LogP contribution is -2.44. The summed E-state index contributed by atoms with van der Waals surface area (Å²) in [6.45, 7) is -1.18. The van der Waals surface area contributed by atoms with Crippen molar-refractivity contribution in [3.05, 3.63) is 50.2 Å². The number of phenols is 1. The van der Waals surface area contributed by atoms with Gasteiger partial charge in [-0.15, -0.1) is 0 Å². The van der Waals surface area contributed by atoms with Gasteiger partial charge < -0.3 is 39.6 Å². The Bertz CT molecular complexity index is 1380. The van der Waals surface area contributed by atoms with Gasteiger partial charge in [0.2, 0.25) is 11.8 Å². The number of nitrogens with one attached hydrogen (secondary N) is 2. The van der Waals surface area contributed by atoms with Crippen LogP contribution in [0.15, 0.2) is 30.3 Å². The van der Waals surface area contributed by atoms with Gasteiger partial charge in [0.15, 0.2) is 17.4 Å². The van der Waals surface area contributed by atoms with E-state index in [1.54, 1.807) is 12.1 Å². The number of rotatable bonds is 11. The second-order valence-corrected chi connectivity index (χ2v) is 12.6. The van der Waals surface area contributed by atoms with E-state index in [9.17, 15) is 29.7 Å². The van der Waals surface area contributed by atoms with Gasteiger partial charge in [-0.3, -0.25) is 9.78 Å². The molecule has 0 bridgehead atoms. The number of aromatic nitrogens is 1. The van der Waals surface area contributed by atoms with Crippen molar-refractivity contribution in [2.75, 3.05) is 20.3 Å². The third-order valence-corrected chi connectivity index (χ3v) is 8.20. The van der Waals surface area contributed by atoms with Crippen molar-refractivity contribution in [1.82, 2.24) is 10.3 Å². The zero-order valence-corrected chi connectivity index (χ0v) is 28.9. The average molecular weight is 1000 g/mol. The van der Waals surface area contributed by atoms with E-state index in [0.29, 0.717) is 18.6 Å². The molecule has 1 heterocycles. The first-order valence-electron chi connectivity index (χ1n) is 11.0. The molecule has 0 fully saturated rings. The Kier molecular flexibility index (Phi) is 12.2. The first-order chi connectivity index (χ1) is 18.9. The van der Waals surface area contributed by atoms with Gasteiger partial charge in [-0.1, -0.05) is 0 Å². The summed E-state index contributed by atoms with van der Waals surface area (Å²) < 4.78 is 23.6. The van der Waals surface area contributed by atoms with E-state index in [0.717, 1.165) is 18.8 Å². The molecular weight excluding hydrogens is 984 g/mol. The lowest BCUT2D eigenvalue weighted by atomic mass is 10.1. The summed E-state index contributed by atoms with van der Waals surface area (Å²) in [6.07, 6.45) is 0.109. The van der Waals surface area contributed by atoms with E-state index in [2.05, 4.69) is 55.5 Å². The third kappa shape index (κ3) is 9.11. The summed E-state index contributed by atoms with van der Waals surface area (Å²) in [5.74, 6) is -2.16. The van der Waals surface area contributed by atoms with Gasteiger partial charge in [-0.2, -0.15) is 0 Å². The Labute approximate surface area is 282 Å². The summed E-state index contributed by atoms with van der Waals surface area (Å²) in [6, 6.07) is 7.03. The number of hydrogen-bond acceptors (Lipinski definition) is 10. The first kappa shape index (κ1) is 32.7. The molecule has 2 aromatic carbocycles. The minimum Gasteiger partial charge on any atom is -0.506 e. The van der Waals surface area contributed by atoms with Crippen molar-refractivity contribution >= 4 is 108 Å². The van der Waals surface area contributed by atoms with Crippen LogP contribution in [-0.4, -0.2) is 64.5 Å². The molecule has 0 spiro atoms. The molecule has 0 unspecified atom stereocenters. The van der Waals surface area contributed by atoms with Crippen LogP contribution in [0.25, 0.3) is 0 Å². The highest BCUT2D eigenvalue weighted by Crippen LogP contribution is 2.37. The number of methoxy groups -OCH3 is 1. The fourth-order valence-electron chi connectivity index (χ4n) is 3.22. The smallest absolute Gasteiger partial charge is 0.337 e. The molecule has 214 valence electrons. The normalized spacial score (nSPS) is 11.5. The van der Waals surface area contributed by atoms with Crippen molar-refractivity contribution in [2.24, 2.45) is 0 Å². The fourth-order valence-corrected chi connectivity index (χ4v) is 7.05. The molecule has 0 radical (unpaired) electrons. The highest BCUT2D eigenvalue weighted by atomic mass is 127. The number of benzene rings is 2. The molecule has 0 aliphatic heterocycles. The number of ether oxygens (including phenoxy) is 4. The summed E-state index contributed by atoms with van der Waals surface area (Å²) in [5, 5.41) is 31.2. The van der Waals surface area contributed by atoms with E-state index in [-0.39, 0.29) is 17.9 Å². The summed E-state index contributed by atoms with van der Waals surface area (Å²) in [5.41, 5.74) is 0.728. The molecule has 0 saturated carbocycles. The van der Waals surface area contributed by atoms with Crippen LogP contribution < -0.4 is 14.8 Å². The lowest BCUT2D eigenvalue weighted by molar-refractivity contribution is -0.147. The zero-order chi connectivity index (χ0) is 29.6. The van der Waals surface area contributed by atoms with E-state index < -0.39 is 48.9 Å². The van der Waals surface area contributed by atoms with Crippen molar-refractivity contribution in [2.45, 2.75) is 12.5 Å². The zero-order valence-electron chi connectivity index (χ0n) is 20.3. The standard InChI is InChI=1S/C24H20I4N2O10/c1-37-24(36)16(29-19(32)8-38-9-20(33)40-17-7-18(31)30-23(17)35)4-10-2-14(27)22(15(28)3-10)39-11-5-12(25)21(34)13(26)6-11/h2-3,5-7,16,30-31,34-35H,4,8-9H2,1H3,(H,29,32)/t16-/m0/s1. The number of aromatic hydroxyl groups is 3. The summed E-state index contributed by atoms with van der Waals surface area (Å²) in [7, 11) is 1.20. The molecule has 40 heavy (non-hydrogen) atoms. The molecule has 5 N–H and O–H groups in total. The first-order valence-corrected chi connectivity index (χ1v) is 15.3. The second-order valence-electron chi connectivity index (χ2n) is 7.91. The van der Waals surface area contributed by atoms with Crippen LogP contribution in [0, 0.1) is 14.3 Å². The van der Waals surface area contributed by atoms with Crippen LogP contribution in [0.3, 0.4) is 0 Å². The minimum atomic E-state index is -1.04. The Morgan fingerprint density at radius 2 is 1.55 bits per heavy atom. The maximum atomic E-state index is 12.4. The number of carbonyl (C=O) groups excluding carboxylic acids is 3. The van der Waals surface area contributed by atoms with E-state index in [4.69, 9.17) is 18.9 Å². The molecule has 3 aromatic rings. The number of amides is 1. The Balaban J connectivity index is 1.61. The molecule has 1 aromatic heterocycles. The Morgan fingerprint density at radius 3 is 2.10 bits per heavy atom. The molecule has 0 aliphatic carbocycles. The average Bonchev–Trinajstić information content (AvgIpc) is 3.19. The molecular formula is C24H20I4N2O10. The number of halogens is 4. The van der Waals surface area contributed by atoms with Crippen LogP contribution in [0.4, 0.5) is 0 Å². The molecule has 1 atom stereocenters. The Morgan fingerprint density at radius 1 is 0.925 bits per heavy atom. The molecule has 1 amide bonds. The van der Waals surface area contributed by atoms with Gasteiger partial charge in [0.1, 0.15) is 30.8 Å². The van der Waals surface area contributed by atoms with E-state index in [1.807, 2.05) is 57.3 Å². The molecule has 0 saturated heterocycles. The number of hydrogen-bond donors (Lipinski definition) is 5. The van der Waals surface area contributed by atoms with E-state index in [1.165, 1.54) is 7.11 Å². The number of phenolic OH excluding ortho intramolecular Hbond substituents is 1. The third-order valence-electron chi connectivity index (χ3n) is 4.95.